The second kappa shape index (κ2) is 8.31. The molecule has 0 N–H and O–H groups in total. The van der Waals surface area contributed by atoms with E-state index in [0.29, 0.717) is 43.6 Å². The number of carbonyl (C=O) groups is 2. The largest absolute Gasteiger partial charge is 0.478 e. The van der Waals surface area contributed by atoms with Crippen molar-refractivity contribution in [3.05, 3.63) is 77.3 Å². The van der Waals surface area contributed by atoms with Gasteiger partial charge < -0.3 is 9.47 Å². The lowest BCUT2D eigenvalue weighted by molar-refractivity contribution is -0.137. The predicted octanol–water partition coefficient (Wildman–Crippen LogP) is 4.31. The summed E-state index contributed by atoms with van der Waals surface area (Å²) in [5, 5.41) is 4.23. The van der Waals surface area contributed by atoms with Crippen molar-refractivity contribution < 1.29 is 19.1 Å². The summed E-state index contributed by atoms with van der Waals surface area (Å²) in [6, 6.07) is 11.7. The van der Waals surface area contributed by atoms with Crippen LogP contribution < -0.4 is 0 Å². The van der Waals surface area contributed by atoms with Crippen molar-refractivity contribution in [1.29, 1.82) is 0 Å². The Morgan fingerprint density at radius 3 is 2.79 bits per heavy atom. The molecule has 0 unspecified atom stereocenters. The number of esters is 1. The third kappa shape index (κ3) is 3.84. The first-order valence-electron chi connectivity index (χ1n) is 11.2. The van der Waals surface area contributed by atoms with Crippen LogP contribution in [0.15, 0.2) is 60.6 Å². The third-order valence-corrected chi connectivity index (χ3v) is 6.32. The second-order valence-corrected chi connectivity index (χ2v) is 8.53. The molecule has 0 atom stereocenters. The summed E-state index contributed by atoms with van der Waals surface area (Å²) < 4.78 is 13.3. The minimum atomic E-state index is -0.933. The fourth-order valence-electron chi connectivity index (χ4n) is 4.64. The molecule has 0 radical (unpaired) electrons. The van der Waals surface area contributed by atoms with E-state index in [1.165, 1.54) is 6.33 Å². The molecule has 1 saturated carbocycles. The molecule has 5 rings (SSSR count). The highest BCUT2D eigenvalue weighted by Gasteiger charge is 2.51. The van der Waals surface area contributed by atoms with Gasteiger partial charge in [0.2, 0.25) is 5.78 Å². The van der Waals surface area contributed by atoms with Gasteiger partial charge in [-0.05, 0) is 57.2 Å². The third-order valence-electron chi connectivity index (χ3n) is 6.32. The van der Waals surface area contributed by atoms with Crippen LogP contribution in [0.3, 0.4) is 0 Å². The van der Waals surface area contributed by atoms with Crippen molar-refractivity contribution >= 4 is 28.7 Å². The van der Waals surface area contributed by atoms with Gasteiger partial charge in [0.15, 0.2) is 11.2 Å². The van der Waals surface area contributed by atoms with Crippen LogP contribution in [0.5, 0.6) is 0 Å². The van der Waals surface area contributed by atoms with Crippen molar-refractivity contribution in [1.82, 2.24) is 14.6 Å². The maximum atomic E-state index is 13.9. The van der Waals surface area contributed by atoms with Crippen LogP contribution in [0.25, 0.3) is 17.0 Å². The van der Waals surface area contributed by atoms with Crippen LogP contribution in [0.4, 0.5) is 0 Å². The van der Waals surface area contributed by atoms with Gasteiger partial charge in [0.1, 0.15) is 12.1 Å². The molecule has 7 heteroatoms. The smallest absolute Gasteiger partial charge is 0.330 e. The van der Waals surface area contributed by atoms with Gasteiger partial charge in [0, 0.05) is 17.8 Å². The Kier molecular flexibility index (Phi) is 5.32. The van der Waals surface area contributed by atoms with Crippen LogP contribution in [-0.2, 0) is 19.1 Å². The fourth-order valence-corrected chi connectivity index (χ4v) is 4.64. The lowest BCUT2D eigenvalue weighted by atomic mass is 9.77. The standard InChI is InChI=1S/C26H25N3O4/c1-3-32-22(30)14-18-9-11-26(12-10-18)25(31)23(19-6-4-5-17(2)13-19)24(33-26)20-7-8-21-27-16-28-29(21)15-20/h4-8,13-16H,3,9-12H2,1-2H3. The molecule has 168 valence electrons. The van der Waals surface area contributed by atoms with Crippen LogP contribution in [0.2, 0.25) is 0 Å². The predicted molar refractivity (Wildman–Crippen MR) is 123 cm³/mol. The van der Waals surface area contributed by atoms with Gasteiger partial charge in [-0.3, -0.25) is 4.79 Å². The Morgan fingerprint density at radius 1 is 1.21 bits per heavy atom. The summed E-state index contributed by atoms with van der Waals surface area (Å²) in [6.07, 6.45) is 7.15. The topological polar surface area (TPSA) is 82.8 Å². The molecule has 3 heterocycles. The number of benzene rings is 1. The number of aryl methyl sites for hydroxylation is 1. The van der Waals surface area contributed by atoms with Crippen LogP contribution in [-0.4, -0.2) is 38.6 Å². The van der Waals surface area contributed by atoms with Gasteiger partial charge in [-0.2, -0.15) is 5.10 Å². The van der Waals surface area contributed by atoms with E-state index in [1.54, 1.807) is 17.5 Å². The van der Waals surface area contributed by atoms with Crippen LogP contribution in [0, 0.1) is 6.92 Å². The summed E-state index contributed by atoms with van der Waals surface area (Å²) in [6.45, 7) is 4.14. The van der Waals surface area contributed by atoms with Gasteiger partial charge >= 0.3 is 5.97 Å². The number of hydrogen-bond donors (Lipinski definition) is 0. The fraction of sp³-hybridized carbons (Fsp3) is 0.308. The maximum absolute atomic E-state index is 13.9. The Morgan fingerprint density at radius 2 is 2.03 bits per heavy atom. The summed E-state index contributed by atoms with van der Waals surface area (Å²) in [5.74, 6) is 0.236. The molecule has 0 amide bonds. The Labute approximate surface area is 191 Å². The molecular formula is C26H25N3O4. The maximum Gasteiger partial charge on any atom is 0.330 e. The first kappa shape index (κ1) is 21.1. The minimum absolute atomic E-state index is 0.00280. The molecule has 0 bridgehead atoms. The molecule has 1 spiro atoms. The summed E-state index contributed by atoms with van der Waals surface area (Å²) in [5.41, 5.74) is 4.07. The lowest BCUT2D eigenvalue weighted by Gasteiger charge is -2.33. The molecule has 2 aliphatic rings. The summed E-state index contributed by atoms with van der Waals surface area (Å²) in [7, 11) is 0. The van der Waals surface area contributed by atoms with Crippen LogP contribution >= 0.6 is 0 Å². The van der Waals surface area contributed by atoms with E-state index in [9.17, 15) is 9.59 Å². The van der Waals surface area contributed by atoms with Crippen LogP contribution in [0.1, 0.15) is 49.3 Å². The average Bonchev–Trinajstić information content (AvgIpc) is 3.38. The van der Waals surface area contributed by atoms with Gasteiger partial charge in [0.25, 0.3) is 0 Å². The number of Topliss-reactive ketones (excluding diaryl/α,β-unsaturated/α-hetero) is 1. The number of ketones is 1. The van der Waals surface area contributed by atoms with Gasteiger partial charge in [-0.1, -0.05) is 35.4 Å². The van der Waals surface area contributed by atoms with E-state index in [4.69, 9.17) is 9.47 Å². The molecule has 7 nitrogen and oxygen atoms in total. The highest BCUT2D eigenvalue weighted by atomic mass is 16.5. The monoisotopic (exact) mass is 443 g/mol. The van der Waals surface area contributed by atoms with Crippen molar-refractivity contribution in [3.8, 4) is 0 Å². The Balaban J connectivity index is 1.52. The van der Waals surface area contributed by atoms with Gasteiger partial charge in [0.05, 0.1) is 12.2 Å². The number of carbonyl (C=O) groups excluding carboxylic acids is 2. The van der Waals surface area contributed by atoms with E-state index in [2.05, 4.69) is 10.1 Å². The molecule has 2 aromatic heterocycles. The van der Waals surface area contributed by atoms with Crippen molar-refractivity contribution in [2.75, 3.05) is 6.61 Å². The summed E-state index contributed by atoms with van der Waals surface area (Å²) >= 11 is 0. The molecular weight excluding hydrogens is 418 g/mol. The number of hydrogen-bond acceptors (Lipinski definition) is 6. The second-order valence-electron chi connectivity index (χ2n) is 8.53. The van der Waals surface area contributed by atoms with Crippen molar-refractivity contribution in [3.63, 3.8) is 0 Å². The molecule has 33 heavy (non-hydrogen) atoms. The summed E-state index contributed by atoms with van der Waals surface area (Å²) in [4.78, 5) is 30.0. The lowest BCUT2D eigenvalue weighted by Crippen LogP contribution is -2.39. The van der Waals surface area contributed by atoms with E-state index >= 15 is 0 Å². The first-order valence-corrected chi connectivity index (χ1v) is 11.2. The zero-order valence-electron chi connectivity index (χ0n) is 18.7. The van der Waals surface area contributed by atoms with Crippen molar-refractivity contribution in [2.45, 2.75) is 45.1 Å². The van der Waals surface area contributed by atoms with E-state index < -0.39 is 5.60 Å². The van der Waals surface area contributed by atoms with Gasteiger partial charge in [-0.25, -0.2) is 14.3 Å². The van der Waals surface area contributed by atoms with Crippen molar-refractivity contribution in [2.24, 2.45) is 0 Å². The zero-order valence-corrected chi connectivity index (χ0v) is 18.7. The molecule has 3 aromatic rings. The normalized spacial score (nSPS) is 20.4. The highest BCUT2D eigenvalue weighted by molar-refractivity contribution is 6.33. The molecule has 0 saturated heterocycles. The number of aromatic nitrogens is 3. The number of nitrogens with zero attached hydrogens (tertiary/aromatic N) is 3. The first-order chi connectivity index (χ1) is 16.0. The Hall–Kier alpha value is -3.74. The number of allylic oxidation sites excluding steroid dienone is 1. The number of pyridine rings is 1. The number of fused-ring (bicyclic) bond motifs is 1. The Bertz CT molecular complexity index is 1310. The zero-order chi connectivity index (χ0) is 23.0. The molecule has 1 aliphatic carbocycles. The number of rotatable bonds is 4. The van der Waals surface area contributed by atoms with Gasteiger partial charge in [-0.15, -0.1) is 0 Å². The highest BCUT2D eigenvalue weighted by Crippen LogP contribution is 2.48. The number of ether oxygens (including phenoxy) is 2. The average molecular weight is 444 g/mol. The molecule has 1 fully saturated rings. The SMILES string of the molecule is CCOC(=O)C=C1CCC2(CC1)OC(c1ccc3ncnn3c1)=C(c1cccc(C)c1)C2=O. The molecule has 1 aromatic carbocycles. The van der Waals surface area contributed by atoms with E-state index in [-0.39, 0.29) is 11.8 Å². The molecule has 1 aliphatic heterocycles. The van der Waals surface area contributed by atoms with E-state index in [1.807, 2.05) is 49.5 Å². The minimum Gasteiger partial charge on any atom is -0.478 e. The van der Waals surface area contributed by atoms with E-state index in [0.717, 1.165) is 27.9 Å². The quantitative estimate of drug-likeness (QED) is 0.441.